The number of anilines is 1. The van der Waals surface area contributed by atoms with Crippen LogP contribution < -0.4 is 10.1 Å². The van der Waals surface area contributed by atoms with Crippen LogP contribution in [-0.4, -0.2) is 27.3 Å². The summed E-state index contributed by atoms with van der Waals surface area (Å²) in [6.07, 6.45) is 2.22. The highest BCUT2D eigenvalue weighted by Crippen LogP contribution is 2.39. The predicted molar refractivity (Wildman–Crippen MR) is 109 cm³/mol. The Morgan fingerprint density at radius 1 is 1.25 bits per heavy atom. The van der Waals surface area contributed by atoms with Gasteiger partial charge in [-0.1, -0.05) is 35.6 Å². The predicted octanol–water partition coefficient (Wildman–Crippen LogP) is 4.35. The standard InChI is InChI=1S/C21H18N4O2S/c1-2-27-14-7-5-6-13(10-14)15-11-19(26)24-20-16(15)12-22-25(20)21-23-17-8-3-4-9-18(17)28-21/h3-10,12,15H,2,11H2,1H3,(H,24,26)/t15-/m0/s1. The number of ether oxygens (including phenoxy) is 1. The molecular weight excluding hydrogens is 372 g/mol. The number of nitrogens with zero attached hydrogens (tertiary/aromatic N) is 3. The fourth-order valence-electron chi connectivity index (χ4n) is 3.60. The fourth-order valence-corrected chi connectivity index (χ4v) is 4.53. The maximum Gasteiger partial charge on any atom is 0.226 e. The van der Waals surface area contributed by atoms with Gasteiger partial charge >= 0.3 is 0 Å². The second-order valence-corrected chi connectivity index (χ2v) is 7.64. The van der Waals surface area contributed by atoms with Crippen LogP contribution in [0.25, 0.3) is 15.3 Å². The van der Waals surface area contributed by atoms with Gasteiger partial charge < -0.3 is 10.1 Å². The van der Waals surface area contributed by atoms with Gasteiger partial charge in [-0.2, -0.15) is 9.78 Å². The van der Waals surface area contributed by atoms with Gasteiger partial charge in [-0.15, -0.1) is 0 Å². The normalized spacial score (nSPS) is 16.0. The van der Waals surface area contributed by atoms with E-state index in [9.17, 15) is 4.79 Å². The molecule has 1 atom stereocenters. The Bertz CT molecular complexity index is 1150. The van der Waals surface area contributed by atoms with Crippen molar-refractivity contribution in [3.63, 3.8) is 0 Å². The first kappa shape index (κ1) is 16.9. The van der Waals surface area contributed by atoms with Crippen molar-refractivity contribution in [3.8, 4) is 10.9 Å². The Morgan fingerprint density at radius 3 is 3.00 bits per heavy atom. The van der Waals surface area contributed by atoms with Crippen molar-refractivity contribution in [3.05, 3.63) is 65.9 Å². The first-order valence-corrected chi connectivity index (χ1v) is 10.0. The number of thiazole rings is 1. The lowest BCUT2D eigenvalue weighted by Gasteiger charge is -2.23. The number of hydrogen-bond donors (Lipinski definition) is 1. The first-order valence-electron chi connectivity index (χ1n) is 9.19. The minimum absolute atomic E-state index is 0.0258. The van der Waals surface area contributed by atoms with Crippen LogP contribution in [0.3, 0.4) is 0 Å². The smallest absolute Gasteiger partial charge is 0.226 e. The van der Waals surface area contributed by atoms with Gasteiger partial charge in [0.1, 0.15) is 11.6 Å². The maximum absolute atomic E-state index is 12.5. The minimum atomic E-state index is -0.0627. The molecule has 0 radical (unpaired) electrons. The van der Waals surface area contributed by atoms with E-state index in [4.69, 9.17) is 4.74 Å². The van der Waals surface area contributed by atoms with Crippen LogP contribution in [0.15, 0.2) is 54.7 Å². The number of amides is 1. The van der Waals surface area contributed by atoms with E-state index >= 15 is 0 Å². The number of fused-ring (bicyclic) bond motifs is 2. The third-order valence-electron chi connectivity index (χ3n) is 4.86. The van der Waals surface area contributed by atoms with Crippen molar-refractivity contribution in [1.82, 2.24) is 14.8 Å². The topological polar surface area (TPSA) is 69.0 Å². The average Bonchev–Trinajstić information content (AvgIpc) is 3.31. The van der Waals surface area contributed by atoms with E-state index < -0.39 is 0 Å². The molecule has 0 bridgehead atoms. The largest absolute Gasteiger partial charge is 0.494 e. The monoisotopic (exact) mass is 390 g/mol. The zero-order chi connectivity index (χ0) is 19.1. The van der Waals surface area contributed by atoms with Gasteiger partial charge in [0.25, 0.3) is 0 Å². The molecule has 2 aromatic heterocycles. The lowest BCUT2D eigenvalue weighted by molar-refractivity contribution is -0.116. The van der Waals surface area contributed by atoms with Crippen LogP contribution in [0.4, 0.5) is 5.82 Å². The van der Waals surface area contributed by atoms with Crippen molar-refractivity contribution >= 4 is 33.3 Å². The first-order chi connectivity index (χ1) is 13.7. The highest BCUT2D eigenvalue weighted by molar-refractivity contribution is 7.20. The molecule has 1 aliphatic heterocycles. The molecule has 1 N–H and O–H groups in total. The summed E-state index contributed by atoms with van der Waals surface area (Å²) in [6, 6.07) is 15.9. The number of benzene rings is 2. The van der Waals surface area contributed by atoms with Crippen LogP contribution in [0.2, 0.25) is 0 Å². The van der Waals surface area contributed by atoms with Crippen LogP contribution in [0.1, 0.15) is 30.4 Å². The second-order valence-electron chi connectivity index (χ2n) is 6.63. The van der Waals surface area contributed by atoms with E-state index in [-0.39, 0.29) is 11.8 Å². The van der Waals surface area contributed by atoms with Gasteiger partial charge in [0.15, 0.2) is 0 Å². The van der Waals surface area contributed by atoms with Gasteiger partial charge in [0.05, 0.1) is 23.0 Å². The Kier molecular flexibility index (Phi) is 4.09. The summed E-state index contributed by atoms with van der Waals surface area (Å²) in [5.74, 6) is 1.42. The van der Waals surface area contributed by atoms with Gasteiger partial charge in [0.2, 0.25) is 11.0 Å². The molecule has 1 aliphatic rings. The SMILES string of the molecule is CCOc1cccc([C@@H]2CC(=O)Nc3c2cnn3-c2nc3ccccc3s2)c1. The van der Waals surface area contributed by atoms with Crippen molar-refractivity contribution in [2.75, 3.05) is 11.9 Å². The average molecular weight is 390 g/mol. The molecule has 140 valence electrons. The number of nitrogens with one attached hydrogen (secondary N) is 1. The Morgan fingerprint density at radius 2 is 2.14 bits per heavy atom. The van der Waals surface area contributed by atoms with Crippen molar-refractivity contribution < 1.29 is 9.53 Å². The molecule has 0 saturated heterocycles. The van der Waals surface area contributed by atoms with Crippen LogP contribution >= 0.6 is 11.3 Å². The van der Waals surface area contributed by atoms with Crippen LogP contribution in [0.5, 0.6) is 5.75 Å². The molecule has 4 aromatic rings. The molecule has 6 nitrogen and oxygen atoms in total. The molecule has 5 rings (SSSR count). The molecule has 0 unspecified atom stereocenters. The maximum atomic E-state index is 12.5. The van der Waals surface area contributed by atoms with Crippen molar-refractivity contribution in [2.45, 2.75) is 19.3 Å². The Hall–Kier alpha value is -3.19. The lowest BCUT2D eigenvalue weighted by atomic mass is 9.87. The van der Waals surface area contributed by atoms with E-state index in [2.05, 4.69) is 15.4 Å². The minimum Gasteiger partial charge on any atom is -0.494 e. The summed E-state index contributed by atoms with van der Waals surface area (Å²) in [5, 5.41) is 8.28. The van der Waals surface area contributed by atoms with Gasteiger partial charge in [-0.3, -0.25) is 4.79 Å². The molecule has 7 heteroatoms. The summed E-state index contributed by atoms with van der Waals surface area (Å²) < 4.78 is 8.45. The van der Waals surface area contributed by atoms with Gasteiger partial charge in [-0.25, -0.2) is 4.98 Å². The third-order valence-corrected chi connectivity index (χ3v) is 5.87. The van der Waals surface area contributed by atoms with E-state index in [1.807, 2.05) is 61.7 Å². The second kappa shape index (κ2) is 6.76. The Labute approximate surface area is 165 Å². The van der Waals surface area contributed by atoms with E-state index in [0.717, 1.165) is 32.2 Å². The molecule has 0 fully saturated rings. The van der Waals surface area contributed by atoms with E-state index in [0.29, 0.717) is 18.8 Å². The zero-order valence-electron chi connectivity index (χ0n) is 15.3. The number of carbonyl (C=O) groups is 1. The molecule has 2 aromatic carbocycles. The molecule has 28 heavy (non-hydrogen) atoms. The number of rotatable bonds is 4. The number of carbonyl (C=O) groups excluding carboxylic acids is 1. The summed E-state index contributed by atoms with van der Waals surface area (Å²) in [5.41, 5.74) is 2.97. The third kappa shape index (κ3) is 2.84. The van der Waals surface area contributed by atoms with Crippen molar-refractivity contribution in [1.29, 1.82) is 0 Å². The molecule has 0 spiro atoms. The van der Waals surface area contributed by atoms with Gasteiger partial charge in [-0.05, 0) is 36.8 Å². The van der Waals surface area contributed by atoms with Crippen LogP contribution in [0, 0.1) is 0 Å². The fraction of sp³-hybridized carbons (Fsp3) is 0.190. The molecule has 1 amide bonds. The summed E-state index contributed by atoms with van der Waals surface area (Å²) in [7, 11) is 0. The molecule has 3 heterocycles. The molecular formula is C21H18N4O2S. The quantitative estimate of drug-likeness (QED) is 0.562. The molecule has 0 saturated carbocycles. The number of aromatic nitrogens is 3. The van der Waals surface area contributed by atoms with E-state index in [1.165, 1.54) is 0 Å². The van der Waals surface area contributed by atoms with Crippen molar-refractivity contribution in [2.24, 2.45) is 0 Å². The number of para-hydroxylation sites is 1. The zero-order valence-corrected chi connectivity index (χ0v) is 16.1. The lowest BCUT2D eigenvalue weighted by Crippen LogP contribution is -2.24. The summed E-state index contributed by atoms with van der Waals surface area (Å²) in [4.78, 5) is 17.1. The summed E-state index contributed by atoms with van der Waals surface area (Å²) in [6.45, 7) is 2.57. The summed E-state index contributed by atoms with van der Waals surface area (Å²) >= 11 is 1.55. The van der Waals surface area contributed by atoms with Crippen LogP contribution in [-0.2, 0) is 4.79 Å². The number of hydrogen-bond acceptors (Lipinski definition) is 5. The van der Waals surface area contributed by atoms with E-state index in [1.54, 1.807) is 16.0 Å². The Balaban J connectivity index is 1.59. The molecule has 0 aliphatic carbocycles. The van der Waals surface area contributed by atoms with Gasteiger partial charge in [0, 0.05) is 17.9 Å². The highest BCUT2D eigenvalue weighted by Gasteiger charge is 2.31. The highest BCUT2D eigenvalue weighted by atomic mass is 32.1.